The number of ether oxygens (including phenoxy) is 2. The zero-order valence-electron chi connectivity index (χ0n) is 11.8. The highest BCUT2D eigenvalue weighted by atomic mass is 35.5. The van der Waals surface area contributed by atoms with Crippen LogP contribution in [0.15, 0.2) is 42.5 Å². The van der Waals surface area contributed by atoms with Crippen molar-refractivity contribution >= 4 is 29.2 Å². The van der Waals surface area contributed by atoms with E-state index in [0.29, 0.717) is 27.1 Å². The molecule has 4 nitrogen and oxygen atoms in total. The van der Waals surface area contributed by atoms with Gasteiger partial charge in [0.15, 0.2) is 6.10 Å². The lowest BCUT2D eigenvalue weighted by atomic mass is 10.1. The topological polar surface area (TPSA) is 55.8 Å². The second-order valence-electron chi connectivity index (χ2n) is 4.54. The van der Waals surface area contributed by atoms with Gasteiger partial charge in [0.25, 0.3) is 0 Å². The van der Waals surface area contributed by atoms with E-state index in [4.69, 9.17) is 32.7 Å². The zero-order chi connectivity index (χ0) is 16.1. The molecular weight excluding hydrogens is 327 g/mol. The van der Waals surface area contributed by atoms with Crippen LogP contribution in [0.1, 0.15) is 5.56 Å². The maximum Gasteiger partial charge on any atom is 0.345 e. The van der Waals surface area contributed by atoms with Crippen molar-refractivity contribution < 1.29 is 19.4 Å². The number of benzene rings is 2. The van der Waals surface area contributed by atoms with Crippen LogP contribution >= 0.6 is 23.2 Å². The summed E-state index contributed by atoms with van der Waals surface area (Å²) in [4.78, 5) is 11.4. The van der Waals surface area contributed by atoms with Crippen molar-refractivity contribution in [2.75, 3.05) is 7.11 Å². The molecule has 0 bridgehead atoms. The standard InChI is InChI=1S/C16H14Cl2O4/c1-21-11-5-3-6-12(9-11)22-14(16(19)20)8-10-4-2-7-13(17)15(10)18/h2-7,9,14H,8H2,1H3,(H,19,20)/t14-/m0/s1. The van der Waals surface area contributed by atoms with Crippen molar-refractivity contribution in [3.63, 3.8) is 0 Å². The van der Waals surface area contributed by atoms with E-state index in [-0.39, 0.29) is 6.42 Å². The first-order valence-electron chi connectivity index (χ1n) is 6.47. The molecular formula is C16H14Cl2O4. The molecule has 22 heavy (non-hydrogen) atoms. The van der Waals surface area contributed by atoms with Crippen LogP contribution in [0.4, 0.5) is 0 Å². The fraction of sp³-hybridized carbons (Fsp3) is 0.188. The Balaban J connectivity index is 2.20. The fourth-order valence-corrected chi connectivity index (χ4v) is 2.32. The van der Waals surface area contributed by atoms with E-state index in [0.717, 1.165) is 0 Å². The molecule has 0 fully saturated rings. The molecule has 0 aliphatic heterocycles. The van der Waals surface area contributed by atoms with Crippen LogP contribution in [0.3, 0.4) is 0 Å². The number of carboxylic acid groups (broad SMARTS) is 1. The Bertz CT molecular complexity index is 673. The smallest absolute Gasteiger partial charge is 0.345 e. The lowest BCUT2D eigenvalue weighted by Gasteiger charge is -2.16. The van der Waals surface area contributed by atoms with Gasteiger partial charge in [0.05, 0.1) is 17.2 Å². The van der Waals surface area contributed by atoms with Gasteiger partial charge in [-0.15, -0.1) is 0 Å². The highest BCUT2D eigenvalue weighted by molar-refractivity contribution is 6.42. The molecule has 1 atom stereocenters. The summed E-state index contributed by atoms with van der Waals surface area (Å²) >= 11 is 12.0. The highest BCUT2D eigenvalue weighted by Crippen LogP contribution is 2.27. The SMILES string of the molecule is COc1cccc(O[C@@H](Cc2cccc(Cl)c2Cl)C(=O)O)c1. The third-order valence-corrected chi connectivity index (χ3v) is 3.89. The molecule has 2 aromatic rings. The summed E-state index contributed by atoms with van der Waals surface area (Å²) < 4.78 is 10.6. The van der Waals surface area contributed by atoms with Crippen LogP contribution in [-0.4, -0.2) is 24.3 Å². The van der Waals surface area contributed by atoms with Gasteiger partial charge >= 0.3 is 5.97 Å². The monoisotopic (exact) mass is 340 g/mol. The first kappa shape index (κ1) is 16.5. The van der Waals surface area contributed by atoms with Crippen molar-refractivity contribution in [3.05, 3.63) is 58.1 Å². The molecule has 0 unspecified atom stereocenters. The molecule has 0 radical (unpaired) electrons. The third kappa shape index (κ3) is 4.06. The molecule has 6 heteroatoms. The second-order valence-corrected chi connectivity index (χ2v) is 5.33. The van der Waals surface area contributed by atoms with E-state index in [9.17, 15) is 9.90 Å². The summed E-state index contributed by atoms with van der Waals surface area (Å²) in [5.74, 6) is -0.0915. The average molecular weight is 341 g/mol. The number of carbonyl (C=O) groups is 1. The van der Waals surface area contributed by atoms with Gasteiger partial charge in [0.2, 0.25) is 0 Å². The predicted octanol–water partition coefficient (Wildman–Crippen LogP) is 4.08. The van der Waals surface area contributed by atoms with Gasteiger partial charge in [-0.25, -0.2) is 4.79 Å². The maximum atomic E-state index is 11.4. The Morgan fingerprint density at radius 3 is 2.55 bits per heavy atom. The van der Waals surface area contributed by atoms with Gasteiger partial charge in [-0.1, -0.05) is 41.4 Å². The van der Waals surface area contributed by atoms with Crippen LogP contribution in [-0.2, 0) is 11.2 Å². The van der Waals surface area contributed by atoms with E-state index in [1.54, 1.807) is 42.5 Å². The quantitative estimate of drug-likeness (QED) is 0.860. The van der Waals surface area contributed by atoms with Crippen molar-refractivity contribution in [2.45, 2.75) is 12.5 Å². The Kier molecular flexibility index (Phi) is 5.52. The summed E-state index contributed by atoms with van der Waals surface area (Å²) in [5.41, 5.74) is 0.615. The second kappa shape index (κ2) is 7.38. The molecule has 1 N–H and O–H groups in total. The van der Waals surface area contributed by atoms with Gasteiger partial charge < -0.3 is 14.6 Å². The fourth-order valence-electron chi connectivity index (χ4n) is 1.92. The first-order valence-corrected chi connectivity index (χ1v) is 7.23. The maximum absolute atomic E-state index is 11.4. The lowest BCUT2D eigenvalue weighted by molar-refractivity contribution is -0.145. The number of hydrogen-bond donors (Lipinski definition) is 1. The lowest BCUT2D eigenvalue weighted by Crippen LogP contribution is -2.29. The summed E-state index contributed by atoms with van der Waals surface area (Å²) in [7, 11) is 1.53. The molecule has 0 aliphatic carbocycles. The van der Waals surface area contributed by atoms with E-state index in [1.165, 1.54) is 7.11 Å². The van der Waals surface area contributed by atoms with Crippen molar-refractivity contribution in [1.82, 2.24) is 0 Å². The van der Waals surface area contributed by atoms with E-state index < -0.39 is 12.1 Å². The van der Waals surface area contributed by atoms with Gasteiger partial charge in [0, 0.05) is 12.5 Å². The molecule has 0 aliphatic rings. The largest absolute Gasteiger partial charge is 0.497 e. The zero-order valence-corrected chi connectivity index (χ0v) is 13.3. The van der Waals surface area contributed by atoms with Crippen molar-refractivity contribution in [3.8, 4) is 11.5 Å². The molecule has 2 aromatic carbocycles. The number of rotatable bonds is 6. The number of halogens is 2. The van der Waals surface area contributed by atoms with Crippen molar-refractivity contribution in [2.24, 2.45) is 0 Å². The molecule has 116 valence electrons. The summed E-state index contributed by atoms with van der Waals surface area (Å²) in [5, 5.41) is 10.1. The van der Waals surface area contributed by atoms with Crippen LogP contribution in [0.25, 0.3) is 0 Å². The Labute approximate surface area is 138 Å². The molecule has 0 heterocycles. The normalized spacial score (nSPS) is 11.8. The highest BCUT2D eigenvalue weighted by Gasteiger charge is 2.22. The van der Waals surface area contributed by atoms with Gasteiger partial charge in [-0.3, -0.25) is 0 Å². The molecule has 0 amide bonds. The molecule has 0 spiro atoms. The number of hydrogen-bond acceptors (Lipinski definition) is 3. The summed E-state index contributed by atoms with van der Waals surface area (Å²) in [6, 6.07) is 11.8. The van der Waals surface area contributed by atoms with Crippen LogP contribution in [0.2, 0.25) is 10.0 Å². The van der Waals surface area contributed by atoms with Gasteiger partial charge in [-0.05, 0) is 23.8 Å². The molecule has 0 saturated carbocycles. The van der Waals surface area contributed by atoms with E-state index >= 15 is 0 Å². The predicted molar refractivity (Wildman–Crippen MR) is 85.2 cm³/mol. The minimum absolute atomic E-state index is 0.103. The van der Waals surface area contributed by atoms with Crippen LogP contribution < -0.4 is 9.47 Å². The minimum Gasteiger partial charge on any atom is -0.497 e. The molecule has 0 saturated heterocycles. The molecule has 2 rings (SSSR count). The van der Waals surface area contributed by atoms with Gasteiger partial charge in [-0.2, -0.15) is 0 Å². The number of carboxylic acids is 1. The Hall–Kier alpha value is -1.91. The first-order chi connectivity index (χ1) is 10.5. The molecule has 0 aromatic heterocycles. The third-order valence-electron chi connectivity index (χ3n) is 3.03. The van der Waals surface area contributed by atoms with Crippen LogP contribution in [0.5, 0.6) is 11.5 Å². The summed E-state index contributed by atoms with van der Waals surface area (Å²) in [6.07, 6.45) is -0.977. The Morgan fingerprint density at radius 2 is 1.86 bits per heavy atom. The number of aliphatic carboxylic acids is 1. The minimum atomic E-state index is -1.08. The Morgan fingerprint density at radius 1 is 1.18 bits per heavy atom. The summed E-state index contributed by atoms with van der Waals surface area (Å²) in [6.45, 7) is 0. The number of methoxy groups -OCH3 is 1. The van der Waals surface area contributed by atoms with Crippen molar-refractivity contribution in [1.29, 1.82) is 0 Å². The van der Waals surface area contributed by atoms with Gasteiger partial charge in [0.1, 0.15) is 11.5 Å². The van der Waals surface area contributed by atoms with Crippen LogP contribution in [0, 0.1) is 0 Å². The van der Waals surface area contributed by atoms with E-state index in [1.807, 2.05) is 0 Å². The van der Waals surface area contributed by atoms with E-state index in [2.05, 4.69) is 0 Å². The average Bonchev–Trinajstić information content (AvgIpc) is 2.51.